The van der Waals surface area contributed by atoms with Gasteiger partial charge >= 0.3 is 5.00 Å². The highest BCUT2D eigenvalue weighted by Gasteiger charge is 2.24. The maximum absolute atomic E-state index is 10.8. The van der Waals surface area contributed by atoms with Gasteiger partial charge < -0.3 is 14.2 Å². The molecular formula is C10H15NO5S. The second-order valence-corrected chi connectivity index (χ2v) is 4.08. The lowest BCUT2D eigenvalue weighted by Crippen LogP contribution is -2.06. The second-order valence-electron chi connectivity index (χ2n) is 3.02. The standard InChI is InChI=1S/C10H15NO5S/c1-4-15-10(16-5-2)8-6-7(14-3)9(17-8)11(12)13/h6,10H,4-5H2,1-3H3. The van der Waals surface area contributed by atoms with Crippen LogP contribution in [0.3, 0.4) is 0 Å². The molecule has 0 N–H and O–H groups in total. The summed E-state index contributed by atoms with van der Waals surface area (Å²) >= 11 is 1.01. The maximum Gasteiger partial charge on any atom is 0.366 e. The minimum Gasteiger partial charge on any atom is -0.489 e. The van der Waals surface area contributed by atoms with Gasteiger partial charge in [-0.05, 0) is 13.8 Å². The number of hydrogen-bond donors (Lipinski definition) is 0. The Morgan fingerprint density at radius 2 is 2.00 bits per heavy atom. The van der Waals surface area contributed by atoms with Crippen molar-refractivity contribution in [2.45, 2.75) is 20.1 Å². The second kappa shape index (κ2) is 6.53. The SMILES string of the molecule is CCOC(OCC)c1cc(OC)c([N+](=O)[O-])s1. The lowest BCUT2D eigenvalue weighted by molar-refractivity contribution is -0.381. The fraction of sp³-hybridized carbons (Fsp3) is 0.600. The van der Waals surface area contributed by atoms with Gasteiger partial charge in [-0.15, -0.1) is 0 Å². The predicted molar refractivity (Wildman–Crippen MR) is 63.5 cm³/mol. The molecule has 1 aromatic rings. The van der Waals surface area contributed by atoms with Crippen LogP contribution in [0.15, 0.2) is 6.07 Å². The van der Waals surface area contributed by atoms with Gasteiger partial charge in [0.25, 0.3) is 0 Å². The number of ether oxygens (including phenoxy) is 3. The van der Waals surface area contributed by atoms with Crippen LogP contribution < -0.4 is 4.74 Å². The zero-order valence-corrected chi connectivity index (χ0v) is 10.8. The van der Waals surface area contributed by atoms with Crippen LogP contribution in [0.1, 0.15) is 25.0 Å². The number of methoxy groups -OCH3 is 1. The van der Waals surface area contributed by atoms with E-state index in [1.165, 1.54) is 7.11 Å². The molecule has 1 rings (SSSR count). The van der Waals surface area contributed by atoms with E-state index in [2.05, 4.69) is 0 Å². The predicted octanol–water partition coefficient (Wildman–Crippen LogP) is 2.74. The summed E-state index contributed by atoms with van der Waals surface area (Å²) in [5, 5.41) is 10.8. The number of hydrogen-bond acceptors (Lipinski definition) is 6. The van der Waals surface area contributed by atoms with Crippen molar-refractivity contribution in [1.82, 2.24) is 0 Å². The van der Waals surface area contributed by atoms with Crippen molar-refractivity contribution in [3.8, 4) is 5.75 Å². The molecule has 0 amide bonds. The van der Waals surface area contributed by atoms with Gasteiger partial charge in [-0.1, -0.05) is 11.3 Å². The molecule has 0 unspecified atom stereocenters. The molecule has 0 spiro atoms. The Balaban J connectivity index is 2.99. The Kier molecular flexibility index (Phi) is 5.33. The van der Waals surface area contributed by atoms with E-state index < -0.39 is 11.2 Å². The molecule has 0 bridgehead atoms. The van der Waals surface area contributed by atoms with E-state index >= 15 is 0 Å². The van der Waals surface area contributed by atoms with Gasteiger partial charge in [0.15, 0.2) is 6.29 Å². The topological polar surface area (TPSA) is 70.8 Å². The quantitative estimate of drug-likeness (QED) is 0.429. The van der Waals surface area contributed by atoms with Crippen LogP contribution in [0, 0.1) is 10.1 Å². The van der Waals surface area contributed by atoms with Crippen molar-refractivity contribution in [1.29, 1.82) is 0 Å². The molecular weight excluding hydrogens is 246 g/mol. The highest BCUT2D eigenvalue weighted by atomic mass is 32.1. The average molecular weight is 261 g/mol. The van der Waals surface area contributed by atoms with Gasteiger partial charge in [0.1, 0.15) is 0 Å². The largest absolute Gasteiger partial charge is 0.489 e. The minimum atomic E-state index is -0.572. The van der Waals surface area contributed by atoms with Crippen LogP contribution in [0.4, 0.5) is 5.00 Å². The van der Waals surface area contributed by atoms with Crippen molar-refractivity contribution in [2.24, 2.45) is 0 Å². The molecule has 0 aromatic carbocycles. The first-order valence-corrected chi connectivity index (χ1v) is 6.00. The summed E-state index contributed by atoms with van der Waals surface area (Å²) in [6, 6.07) is 1.58. The van der Waals surface area contributed by atoms with Crippen molar-refractivity contribution in [3.05, 3.63) is 21.1 Å². The number of nitro groups is 1. The third kappa shape index (κ3) is 3.39. The summed E-state index contributed by atoms with van der Waals surface area (Å²) in [5.41, 5.74) is 0. The van der Waals surface area contributed by atoms with E-state index in [-0.39, 0.29) is 10.8 Å². The van der Waals surface area contributed by atoms with Gasteiger partial charge in [-0.25, -0.2) is 0 Å². The van der Waals surface area contributed by atoms with E-state index in [9.17, 15) is 10.1 Å². The Bertz CT molecular complexity index is 373. The van der Waals surface area contributed by atoms with Crippen molar-refractivity contribution < 1.29 is 19.1 Å². The zero-order chi connectivity index (χ0) is 12.8. The van der Waals surface area contributed by atoms with Crippen molar-refractivity contribution in [3.63, 3.8) is 0 Å². The van der Waals surface area contributed by atoms with Crippen LogP contribution in [-0.2, 0) is 9.47 Å². The summed E-state index contributed by atoms with van der Waals surface area (Å²) in [6.45, 7) is 4.62. The third-order valence-corrected chi connectivity index (χ3v) is 3.04. The Morgan fingerprint density at radius 3 is 2.35 bits per heavy atom. The van der Waals surface area contributed by atoms with E-state index in [4.69, 9.17) is 14.2 Å². The van der Waals surface area contributed by atoms with Gasteiger partial charge in [0.05, 0.1) is 16.9 Å². The highest BCUT2D eigenvalue weighted by molar-refractivity contribution is 7.15. The van der Waals surface area contributed by atoms with Crippen LogP contribution in [0.25, 0.3) is 0 Å². The van der Waals surface area contributed by atoms with Crippen molar-refractivity contribution >= 4 is 16.3 Å². The monoisotopic (exact) mass is 261 g/mol. The molecule has 1 heterocycles. The highest BCUT2D eigenvalue weighted by Crippen LogP contribution is 2.40. The first kappa shape index (κ1) is 13.9. The van der Waals surface area contributed by atoms with Crippen molar-refractivity contribution in [2.75, 3.05) is 20.3 Å². The molecule has 7 heteroatoms. The smallest absolute Gasteiger partial charge is 0.366 e. The van der Waals surface area contributed by atoms with Crippen LogP contribution >= 0.6 is 11.3 Å². The van der Waals surface area contributed by atoms with Crippen LogP contribution in [0.5, 0.6) is 5.75 Å². The number of thiophene rings is 1. The molecule has 6 nitrogen and oxygen atoms in total. The average Bonchev–Trinajstić information content (AvgIpc) is 2.72. The molecule has 0 fully saturated rings. The molecule has 0 aliphatic heterocycles. The minimum absolute atomic E-state index is 0.0353. The summed E-state index contributed by atoms with van der Waals surface area (Å²) < 4.78 is 15.7. The summed E-state index contributed by atoms with van der Waals surface area (Å²) in [7, 11) is 1.40. The van der Waals surface area contributed by atoms with E-state index in [1.54, 1.807) is 6.07 Å². The maximum atomic E-state index is 10.8. The molecule has 0 saturated heterocycles. The van der Waals surface area contributed by atoms with E-state index in [0.29, 0.717) is 18.1 Å². The summed E-state index contributed by atoms with van der Waals surface area (Å²) in [5.74, 6) is 0.236. The van der Waals surface area contributed by atoms with E-state index in [0.717, 1.165) is 11.3 Å². The van der Waals surface area contributed by atoms with Crippen LogP contribution in [-0.4, -0.2) is 25.2 Å². The summed E-state index contributed by atoms with van der Waals surface area (Å²) in [4.78, 5) is 11.0. The molecule has 0 aliphatic rings. The molecule has 1 aromatic heterocycles. The van der Waals surface area contributed by atoms with Crippen LogP contribution in [0.2, 0.25) is 0 Å². The number of nitrogens with zero attached hydrogens (tertiary/aromatic N) is 1. The van der Waals surface area contributed by atoms with Gasteiger partial charge in [-0.2, -0.15) is 0 Å². The van der Waals surface area contributed by atoms with Gasteiger partial charge in [0.2, 0.25) is 5.75 Å². The van der Waals surface area contributed by atoms with Gasteiger partial charge in [-0.3, -0.25) is 10.1 Å². The molecule has 0 saturated carbocycles. The number of rotatable bonds is 7. The first-order valence-electron chi connectivity index (χ1n) is 5.19. The first-order chi connectivity index (χ1) is 8.13. The molecule has 96 valence electrons. The Morgan fingerprint density at radius 1 is 1.41 bits per heavy atom. The normalized spacial score (nSPS) is 10.8. The lowest BCUT2D eigenvalue weighted by Gasteiger charge is -2.14. The third-order valence-electron chi connectivity index (χ3n) is 1.95. The fourth-order valence-electron chi connectivity index (χ4n) is 1.29. The Labute approximate surface area is 103 Å². The Hall–Kier alpha value is -1.18. The molecule has 0 atom stereocenters. The summed E-state index contributed by atoms with van der Waals surface area (Å²) in [6.07, 6.45) is -0.572. The van der Waals surface area contributed by atoms with E-state index in [1.807, 2.05) is 13.8 Å². The fourth-order valence-corrected chi connectivity index (χ4v) is 2.23. The molecule has 0 radical (unpaired) electrons. The zero-order valence-electron chi connectivity index (χ0n) is 9.97. The molecule has 17 heavy (non-hydrogen) atoms. The molecule has 0 aliphatic carbocycles. The lowest BCUT2D eigenvalue weighted by atomic mass is 10.4. The van der Waals surface area contributed by atoms with Gasteiger partial charge in [0, 0.05) is 19.3 Å².